The molecule has 0 unspecified atom stereocenters. The van der Waals surface area contributed by atoms with Gasteiger partial charge in [-0.05, 0) is 56.2 Å². The number of sulfonamides is 1. The zero-order valence-electron chi connectivity index (χ0n) is 22.6. The van der Waals surface area contributed by atoms with E-state index in [0.717, 1.165) is 31.2 Å². The summed E-state index contributed by atoms with van der Waals surface area (Å²) < 4.78 is 36.2. The van der Waals surface area contributed by atoms with Gasteiger partial charge in [0.2, 0.25) is 10.0 Å². The molecule has 1 aromatic heterocycles. The lowest BCUT2D eigenvalue weighted by molar-refractivity contribution is 0.208. The fourth-order valence-corrected chi connectivity index (χ4v) is 6.95. The summed E-state index contributed by atoms with van der Waals surface area (Å²) in [6.45, 7) is 5.20. The highest BCUT2D eigenvalue weighted by Gasteiger charge is 2.32. The fourth-order valence-electron chi connectivity index (χ4n) is 5.46. The van der Waals surface area contributed by atoms with Crippen molar-refractivity contribution in [1.82, 2.24) is 8.87 Å². The van der Waals surface area contributed by atoms with E-state index in [2.05, 4.69) is 0 Å². The van der Waals surface area contributed by atoms with Gasteiger partial charge in [-0.1, -0.05) is 20.3 Å². The number of aromatic nitrogens is 1. The summed E-state index contributed by atoms with van der Waals surface area (Å²) in [4.78, 5) is 18.2. The van der Waals surface area contributed by atoms with E-state index < -0.39 is 10.0 Å². The summed E-state index contributed by atoms with van der Waals surface area (Å²) in [6, 6.07) is 4.89. The number of benzene rings is 1. The van der Waals surface area contributed by atoms with E-state index in [9.17, 15) is 23.4 Å². The molecule has 0 amide bonds. The van der Waals surface area contributed by atoms with E-state index in [4.69, 9.17) is 9.73 Å². The number of aliphatic hydroxyl groups excluding tert-OH is 2. The molecule has 4 rings (SSSR count). The van der Waals surface area contributed by atoms with Crippen LogP contribution in [-0.2, 0) is 36.5 Å². The Bertz CT molecular complexity index is 1360. The van der Waals surface area contributed by atoms with Crippen LogP contribution in [0.4, 0.5) is 5.69 Å². The summed E-state index contributed by atoms with van der Waals surface area (Å²) in [5, 5.41) is 19.2. The molecule has 2 N–H and O–H groups in total. The van der Waals surface area contributed by atoms with Crippen LogP contribution < -0.4 is 10.3 Å². The Labute approximate surface area is 224 Å². The SMILES string of the molecule is CCCOc1ccc(S(=O)(=O)N2CCC(CCO)CC2)cc1C1=Nc2c(CCC)c(CO)n(C)c(=O)c2C1. The Kier molecular flexibility index (Phi) is 9.07. The molecule has 0 spiro atoms. The second-order valence-corrected chi connectivity index (χ2v) is 12.1. The minimum Gasteiger partial charge on any atom is -0.493 e. The topological polar surface area (TPSA) is 121 Å². The van der Waals surface area contributed by atoms with Crippen molar-refractivity contribution in [1.29, 1.82) is 0 Å². The Morgan fingerprint density at radius 2 is 1.87 bits per heavy atom. The second-order valence-electron chi connectivity index (χ2n) is 10.1. The molecule has 3 heterocycles. The van der Waals surface area contributed by atoms with Crippen molar-refractivity contribution in [3.8, 4) is 5.75 Å². The molecule has 1 aromatic carbocycles. The van der Waals surface area contributed by atoms with Crippen LogP contribution in [0.2, 0.25) is 0 Å². The van der Waals surface area contributed by atoms with E-state index in [1.807, 2.05) is 13.8 Å². The molecule has 208 valence electrons. The standard InChI is InChI=1S/C28H39N3O6S/c1-4-6-21-25(18-33)30(3)28(34)23-17-24(29-27(21)23)22-16-20(7-8-26(22)37-15-5-2)38(35,36)31-12-9-19(10-13-31)11-14-32/h7-8,16,19,32-33H,4-6,9-15,17-18H2,1-3H3. The first-order valence-corrected chi connectivity index (χ1v) is 15.0. The maximum absolute atomic E-state index is 13.6. The molecule has 0 aliphatic carbocycles. The van der Waals surface area contributed by atoms with E-state index in [-0.39, 0.29) is 30.1 Å². The van der Waals surface area contributed by atoms with Gasteiger partial charge in [-0.25, -0.2) is 8.42 Å². The van der Waals surface area contributed by atoms with Gasteiger partial charge in [0, 0.05) is 49.9 Å². The van der Waals surface area contributed by atoms with Gasteiger partial charge in [-0.2, -0.15) is 4.31 Å². The van der Waals surface area contributed by atoms with Gasteiger partial charge in [0.05, 0.1) is 35.2 Å². The first kappa shape index (κ1) is 28.5. The fraction of sp³-hybridized carbons (Fsp3) is 0.571. The number of hydrogen-bond donors (Lipinski definition) is 2. The Morgan fingerprint density at radius 3 is 2.50 bits per heavy atom. The largest absolute Gasteiger partial charge is 0.493 e. The van der Waals surface area contributed by atoms with Gasteiger partial charge in [-0.3, -0.25) is 9.79 Å². The number of aliphatic hydroxyl groups is 2. The lowest BCUT2D eigenvalue weighted by Crippen LogP contribution is -2.38. The molecule has 0 bridgehead atoms. The van der Waals surface area contributed by atoms with E-state index in [1.54, 1.807) is 25.2 Å². The highest BCUT2D eigenvalue weighted by atomic mass is 32.2. The molecular formula is C28H39N3O6S. The third kappa shape index (κ3) is 5.45. The van der Waals surface area contributed by atoms with Crippen LogP contribution in [0.15, 0.2) is 32.9 Å². The van der Waals surface area contributed by atoms with Gasteiger partial charge in [-0.15, -0.1) is 0 Å². The quantitative estimate of drug-likeness (QED) is 0.448. The Morgan fingerprint density at radius 1 is 1.13 bits per heavy atom. The molecule has 9 nitrogen and oxygen atoms in total. The number of aliphatic imine (C=N–C) groups is 1. The number of nitrogens with zero attached hydrogens (tertiary/aromatic N) is 3. The number of piperidine rings is 1. The van der Waals surface area contributed by atoms with Gasteiger partial charge in [0.1, 0.15) is 5.75 Å². The maximum Gasteiger partial charge on any atom is 0.256 e. The second kappa shape index (κ2) is 12.1. The average Bonchev–Trinajstić information content (AvgIpc) is 3.36. The molecule has 10 heteroatoms. The van der Waals surface area contributed by atoms with Crippen molar-refractivity contribution in [3.05, 3.63) is 50.9 Å². The van der Waals surface area contributed by atoms with E-state index in [0.29, 0.717) is 72.4 Å². The number of pyridine rings is 1. The summed E-state index contributed by atoms with van der Waals surface area (Å²) in [6.07, 6.45) is 4.70. The first-order valence-electron chi connectivity index (χ1n) is 13.6. The molecule has 0 saturated carbocycles. The zero-order chi connectivity index (χ0) is 27.4. The van der Waals surface area contributed by atoms with Crippen LogP contribution in [0.3, 0.4) is 0 Å². The number of ether oxygens (including phenoxy) is 1. The normalized spacial score (nSPS) is 16.5. The van der Waals surface area contributed by atoms with Crippen molar-refractivity contribution < 1.29 is 23.4 Å². The lowest BCUT2D eigenvalue weighted by Gasteiger charge is -2.31. The lowest BCUT2D eigenvalue weighted by atomic mass is 9.95. The molecule has 0 radical (unpaired) electrons. The number of fused-ring (bicyclic) bond motifs is 1. The smallest absolute Gasteiger partial charge is 0.256 e. The van der Waals surface area contributed by atoms with Crippen LogP contribution in [0.5, 0.6) is 5.75 Å². The van der Waals surface area contributed by atoms with E-state index >= 15 is 0 Å². The molecule has 2 aromatic rings. The Balaban J connectivity index is 1.75. The monoisotopic (exact) mass is 545 g/mol. The predicted octanol–water partition coefficient (Wildman–Crippen LogP) is 3.08. The van der Waals surface area contributed by atoms with Crippen LogP contribution in [-0.4, -0.2) is 59.5 Å². The summed E-state index contributed by atoms with van der Waals surface area (Å²) in [5.41, 5.74) is 3.53. The van der Waals surface area contributed by atoms with Crippen LogP contribution >= 0.6 is 0 Å². The van der Waals surface area contributed by atoms with Gasteiger partial charge in [0.15, 0.2) is 0 Å². The third-order valence-electron chi connectivity index (χ3n) is 7.60. The summed E-state index contributed by atoms with van der Waals surface area (Å²) in [7, 11) is -2.07. The van der Waals surface area contributed by atoms with Gasteiger partial charge >= 0.3 is 0 Å². The minimum atomic E-state index is -3.74. The van der Waals surface area contributed by atoms with Crippen molar-refractivity contribution in [3.63, 3.8) is 0 Å². The zero-order valence-corrected chi connectivity index (χ0v) is 23.4. The molecule has 2 aliphatic heterocycles. The Hall–Kier alpha value is -2.53. The third-order valence-corrected chi connectivity index (χ3v) is 9.50. The predicted molar refractivity (Wildman–Crippen MR) is 147 cm³/mol. The highest BCUT2D eigenvalue weighted by Crippen LogP contribution is 2.36. The molecule has 2 aliphatic rings. The minimum absolute atomic E-state index is 0.118. The van der Waals surface area contributed by atoms with Crippen molar-refractivity contribution in [2.24, 2.45) is 18.0 Å². The maximum atomic E-state index is 13.6. The van der Waals surface area contributed by atoms with E-state index in [1.165, 1.54) is 8.87 Å². The summed E-state index contributed by atoms with van der Waals surface area (Å²) >= 11 is 0. The van der Waals surface area contributed by atoms with Crippen molar-refractivity contribution in [2.45, 2.75) is 70.3 Å². The van der Waals surface area contributed by atoms with Crippen LogP contribution in [0.1, 0.15) is 68.3 Å². The van der Waals surface area contributed by atoms with Crippen molar-refractivity contribution in [2.75, 3.05) is 26.3 Å². The molecule has 1 saturated heterocycles. The number of hydrogen-bond acceptors (Lipinski definition) is 7. The highest BCUT2D eigenvalue weighted by molar-refractivity contribution is 7.89. The molecular weight excluding hydrogens is 506 g/mol. The molecule has 0 atom stereocenters. The average molecular weight is 546 g/mol. The van der Waals surface area contributed by atoms with Gasteiger partial charge < -0.3 is 19.5 Å². The van der Waals surface area contributed by atoms with Crippen LogP contribution in [0, 0.1) is 5.92 Å². The molecule has 38 heavy (non-hydrogen) atoms. The molecule has 1 fully saturated rings. The number of rotatable bonds is 11. The summed E-state index contributed by atoms with van der Waals surface area (Å²) in [5.74, 6) is 0.872. The van der Waals surface area contributed by atoms with Crippen molar-refractivity contribution >= 4 is 21.4 Å². The van der Waals surface area contributed by atoms with Gasteiger partial charge in [0.25, 0.3) is 5.56 Å². The van der Waals surface area contributed by atoms with Crippen LogP contribution in [0.25, 0.3) is 0 Å². The first-order chi connectivity index (χ1) is 18.3.